The van der Waals surface area contributed by atoms with E-state index in [0.29, 0.717) is 5.84 Å². The van der Waals surface area contributed by atoms with E-state index in [1.807, 2.05) is 6.08 Å². The summed E-state index contributed by atoms with van der Waals surface area (Å²) in [6.07, 6.45) is 6.01. The van der Waals surface area contributed by atoms with Gasteiger partial charge in [-0.1, -0.05) is 12.2 Å². The Hall–Kier alpha value is -1.05. The van der Waals surface area contributed by atoms with Gasteiger partial charge in [0.2, 0.25) is 0 Å². The van der Waals surface area contributed by atoms with Gasteiger partial charge >= 0.3 is 0 Å². The second kappa shape index (κ2) is 3.37. The molecule has 0 unspecified atom stereocenters. The van der Waals surface area contributed by atoms with Crippen molar-refractivity contribution in [3.05, 3.63) is 24.4 Å². The predicted octanol–water partition coefficient (Wildman–Crippen LogP) is 1.84. The number of nitrogens with two attached hydrogens (primary N) is 1. The monoisotopic (exact) mass is 150 g/mol. The fourth-order valence-electron chi connectivity index (χ4n) is 1.03. The van der Waals surface area contributed by atoms with E-state index in [-0.39, 0.29) is 0 Å². The molecule has 0 aromatic carbocycles. The normalized spacial score (nSPS) is 20.1. The average Bonchev–Trinajstić information content (AvgIpc) is 2.67. The zero-order valence-corrected chi connectivity index (χ0v) is 6.88. The van der Waals surface area contributed by atoms with Crippen molar-refractivity contribution in [1.29, 1.82) is 0 Å². The number of aliphatic imine (C=N–C) groups is 1. The Bertz CT molecular complexity index is 210. The molecule has 0 aromatic rings. The Kier molecular flexibility index (Phi) is 2.47. The molecule has 0 heterocycles. The molecule has 0 amide bonds. The Morgan fingerprint density at radius 3 is 2.73 bits per heavy atom. The Morgan fingerprint density at radius 1 is 1.64 bits per heavy atom. The minimum absolute atomic E-state index is 0.560. The van der Waals surface area contributed by atoms with Crippen molar-refractivity contribution in [3.63, 3.8) is 0 Å². The van der Waals surface area contributed by atoms with Crippen molar-refractivity contribution < 1.29 is 0 Å². The quantitative estimate of drug-likeness (QED) is 0.484. The number of hydrogen-bond donors (Lipinski definition) is 1. The van der Waals surface area contributed by atoms with Crippen LogP contribution in [0.3, 0.4) is 0 Å². The molecule has 1 aliphatic carbocycles. The van der Waals surface area contributed by atoms with Gasteiger partial charge in [-0.3, -0.25) is 0 Å². The van der Waals surface area contributed by atoms with Crippen molar-refractivity contribution in [2.45, 2.75) is 19.8 Å². The second-order valence-corrected chi connectivity index (χ2v) is 2.90. The van der Waals surface area contributed by atoms with Gasteiger partial charge in [-0.25, -0.2) is 4.99 Å². The van der Waals surface area contributed by atoms with Crippen molar-refractivity contribution in [2.75, 3.05) is 0 Å². The summed E-state index contributed by atoms with van der Waals surface area (Å²) < 4.78 is 0. The first-order chi connectivity index (χ1) is 5.24. The van der Waals surface area contributed by atoms with Crippen molar-refractivity contribution >= 4 is 5.84 Å². The van der Waals surface area contributed by atoms with E-state index in [2.05, 4.69) is 18.5 Å². The largest absolute Gasteiger partial charge is 0.384 e. The highest BCUT2D eigenvalue weighted by Crippen LogP contribution is 2.35. The molecule has 60 valence electrons. The third-order valence-electron chi connectivity index (χ3n) is 1.84. The van der Waals surface area contributed by atoms with Crippen LogP contribution in [0.2, 0.25) is 0 Å². The summed E-state index contributed by atoms with van der Waals surface area (Å²) in [4.78, 5) is 3.86. The molecule has 0 atom stereocenters. The molecule has 1 aliphatic rings. The van der Waals surface area contributed by atoms with E-state index in [1.165, 1.54) is 24.6 Å². The topological polar surface area (TPSA) is 38.4 Å². The third-order valence-corrected chi connectivity index (χ3v) is 1.84. The maximum atomic E-state index is 5.55. The highest BCUT2D eigenvalue weighted by molar-refractivity contribution is 5.92. The van der Waals surface area contributed by atoms with Gasteiger partial charge < -0.3 is 5.73 Å². The van der Waals surface area contributed by atoms with Gasteiger partial charge in [0.15, 0.2) is 0 Å². The number of allylic oxidation sites excluding steroid dienone is 1. The smallest absolute Gasteiger partial charge is 0.123 e. The lowest BCUT2D eigenvalue weighted by atomic mass is 10.2. The zero-order valence-electron chi connectivity index (χ0n) is 6.88. The number of amidine groups is 1. The van der Waals surface area contributed by atoms with Crippen LogP contribution in [0.4, 0.5) is 0 Å². The minimum atomic E-state index is 0.560. The fraction of sp³-hybridized carbons (Fsp3) is 0.444. The van der Waals surface area contributed by atoms with Crippen molar-refractivity contribution in [3.8, 4) is 0 Å². The molecule has 11 heavy (non-hydrogen) atoms. The summed E-state index contributed by atoms with van der Waals surface area (Å²) in [5.41, 5.74) is 6.89. The van der Waals surface area contributed by atoms with Gasteiger partial charge in [0.25, 0.3) is 0 Å². The molecular formula is C9H14N2. The minimum Gasteiger partial charge on any atom is -0.384 e. The molecule has 0 bridgehead atoms. The zero-order chi connectivity index (χ0) is 8.27. The van der Waals surface area contributed by atoms with Crippen molar-refractivity contribution in [2.24, 2.45) is 16.6 Å². The third kappa shape index (κ3) is 2.58. The number of nitrogens with zero attached hydrogens (tertiary/aromatic N) is 1. The van der Waals surface area contributed by atoms with Gasteiger partial charge in [0, 0.05) is 6.20 Å². The first kappa shape index (κ1) is 8.05. The van der Waals surface area contributed by atoms with Crippen LogP contribution in [0.25, 0.3) is 0 Å². The van der Waals surface area contributed by atoms with Crippen LogP contribution in [0.1, 0.15) is 19.8 Å². The highest BCUT2D eigenvalue weighted by atomic mass is 14.8. The molecule has 0 aromatic heterocycles. The summed E-state index contributed by atoms with van der Waals surface area (Å²) in [6, 6.07) is 0. The van der Waals surface area contributed by atoms with Crippen LogP contribution in [-0.4, -0.2) is 5.84 Å². The van der Waals surface area contributed by atoms with Crippen LogP contribution in [0.5, 0.6) is 0 Å². The fourth-order valence-corrected chi connectivity index (χ4v) is 1.03. The summed E-state index contributed by atoms with van der Waals surface area (Å²) in [5, 5.41) is 0. The lowest BCUT2D eigenvalue weighted by Gasteiger charge is -1.95. The van der Waals surface area contributed by atoms with Gasteiger partial charge in [-0.05, 0) is 31.8 Å². The molecular weight excluding hydrogens is 136 g/mol. The van der Waals surface area contributed by atoms with E-state index in [0.717, 1.165) is 5.92 Å². The summed E-state index contributed by atoms with van der Waals surface area (Å²) in [7, 11) is 0. The Labute approximate surface area is 67.5 Å². The van der Waals surface area contributed by atoms with Gasteiger partial charge in [0.05, 0.1) is 0 Å². The molecule has 1 fully saturated rings. The first-order valence-corrected chi connectivity index (χ1v) is 3.86. The lowest BCUT2D eigenvalue weighted by Crippen LogP contribution is -2.07. The number of hydrogen-bond acceptors (Lipinski definition) is 1. The van der Waals surface area contributed by atoms with Crippen LogP contribution in [0.15, 0.2) is 29.4 Å². The molecule has 1 saturated carbocycles. The SMILES string of the molecule is C=CN=C(N)/C=C(\C)C1CC1. The maximum absolute atomic E-state index is 5.55. The second-order valence-electron chi connectivity index (χ2n) is 2.90. The van der Waals surface area contributed by atoms with Gasteiger partial charge in [0.1, 0.15) is 5.84 Å². The maximum Gasteiger partial charge on any atom is 0.123 e. The summed E-state index contributed by atoms with van der Waals surface area (Å²) in [5.74, 6) is 1.33. The van der Waals surface area contributed by atoms with Gasteiger partial charge in [-0.15, -0.1) is 0 Å². The standard InChI is InChI=1S/C9H14N2/c1-3-11-9(10)6-7(2)8-4-5-8/h3,6,8H,1,4-5H2,2H3,(H2,10,11)/b7-6+. The molecule has 2 N–H and O–H groups in total. The lowest BCUT2D eigenvalue weighted by molar-refractivity contribution is 1.01. The van der Waals surface area contributed by atoms with Crippen LogP contribution in [0, 0.1) is 5.92 Å². The average molecular weight is 150 g/mol. The molecule has 0 aliphatic heterocycles. The van der Waals surface area contributed by atoms with Crippen LogP contribution >= 0.6 is 0 Å². The highest BCUT2D eigenvalue weighted by Gasteiger charge is 2.22. The van der Waals surface area contributed by atoms with Crippen LogP contribution in [-0.2, 0) is 0 Å². The molecule has 0 radical (unpaired) electrons. The molecule has 0 saturated heterocycles. The molecule has 0 spiro atoms. The van der Waals surface area contributed by atoms with Crippen molar-refractivity contribution in [1.82, 2.24) is 0 Å². The Morgan fingerprint density at radius 2 is 2.27 bits per heavy atom. The van der Waals surface area contributed by atoms with E-state index >= 15 is 0 Å². The Balaban J connectivity index is 2.54. The van der Waals surface area contributed by atoms with E-state index < -0.39 is 0 Å². The molecule has 2 heteroatoms. The molecule has 1 rings (SSSR count). The number of rotatable bonds is 3. The summed E-state index contributed by atoms with van der Waals surface area (Å²) in [6.45, 7) is 5.57. The van der Waals surface area contributed by atoms with E-state index in [9.17, 15) is 0 Å². The van der Waals surface area contributed by atoms with E-state index in [1.54, 1.807) is 0 Å². The van der Waals surface area contributed by atoms with Gasteiger partial charge in [-0.2, -0.15) is 0 Å². The molecule has 2 nitrogen and oxygen atoms in total. The first-order valence-electron chi connectivity index (χ1n) is 3.86. The predicted molar refractivity (Wildman–Crippen MR) is 48.3 cm³/mol. The van der Waals surface area contributed by atoms with Crippen LogP contribution < -0.4 is 5.73 Å². The summed E-state index contributed by atoms with van der Waals surface area (Å²) >= 11 is 0. The van der Waals surface area contributed by atoms with E-state index in [4.69, 9.17) is 5.73 Å².